The van der Waals surface area contributed by atoms with Crippen molar-refractivity contribution in [1.29, 1.82) is 0 Å². The molecule has 9 heteroatoms. The molecule has 1 aliphatic carbocycles. The summed E-state index contributed by atoms with van der Waals surface area (Å²) in [6, 6.07) is 3.60. The number of hydrogen-bond donors (Lipinski definition) is 0. The second-order valence-corrected chi connectivity index (χ2v) is 7.99. The second kappa shape index (κ2) is 6.66. The summed E-state index contributed by atoms with van der Waals surface area (Å²) in [6.07, 6.45) is 2.51. The van der Waals surface area contributed by atoms with Gasteiger partial charge in [0.1, 0.15) is 10.6 Å². The van der Waals surface area contributed by atoms with Gasteiger partial charge >= 0.3 is 0 Å². The molecule has 0 radical (unpaired) electrons. The Morgan fingerprint density at radius 2 is 2.12 bits per heavy atom. The van der Waals surface area contributed by atoms with Crippen molar-refractivity contribution < 1.29 is 22.8 Å². The fourth-order valence-corrected chi connectivity index (χ4v) is 4.80. The van der Waals surface area contributed by atoms with Gasteiger partial charge in [0.2, 0.25) is 10.0 Å². The summed E-state index contributed by atoms with van der Waals surface area (Å²) in [5, 5.41) is 10.9. The van der Waals surface area contributed by atoms with Crippen LogP contribution in [0, 0.1) is 16.0 Å². The van der Waals surface area contributed by atoms with Crippen LogP contribution in [0.15, 0.2) is 23.1 Å². The smallest absolute Gasteiger partial charge is 0.273 e. The molecule has 0 bridgehead atoms. The maximum absolute atomic E-state index is 13.1. The van der Waals surface area contributed by atoms with Gasteiger partial charge in [-0.25, -0.2) is 8.42 Å². The number of sulfonamides is 1. The zero-order chi connectivity index (χ0) is 17.3. The highest BCUT2D eigenvalue weighted by molar-refractivity contribution is 7.89. The SMILES string of the molecule is COc1cc([N+](=O)[O-])ccc1S(=O)(=O)N(C[C@H]1CCOC1)C1CC1. The van der Waals surface area contributed by atoms with E-state index in [2.05, 4.69) is 0 Å². The second-order valence-electron chi connectivity index (χ2n) is 6.13. The Bertz CT molecular complexity index is 725. The molecule has 0 spiro atoms. The first-order valence-electron chi connectivity index (χ1n) is 7.85. The monoisotopic (exact) mass is 356 g/mol. The molecular formula is C15H20N2O6S. The molecule has 1 saturated carbocycles. The van der Waals surface area contributed by atoms with Crippen LogP contribution in [0.4, 0.5) is 5.69 Å². The van der Waals surface area contributed by atoms with E-state index in [1.165, 1.54) is 23.5 Å². The van der Waals surface area contributed by atoms with Crippen LogP contribution in [0.2, 0.25) is 0 Å². The third-order valence-electron chi connectivity index (χ3n) is 4.36. The van der Waals surface area contributed by atoms with E-state index in [-0.39, 0.29) is 28.3 Å². The standard InChI is InChI=1S/C15H20N2O6S/c1-22-14-8-13(17(18)19)4-5-15(14)24(20,21)16(12-2-3-12)9-11-6-7-23-10-11/h4-5,8,11-12H,2-3,6-7,9-10H2,1H3/t11-/m1/s1. The van der Waals surface area contributed by atoms with Crippen LogP contribution in [0.3, 0.4) is 0 Å². The number of non-ortho nitro benzene ring substituents is 1. The number of nitro benzene ring substituents is 1. The predicted octanol–water partition coefficient (Wildman–Crippen LogP) is 1.79. The van der Waals surface area contributed by atoms with Gasteiger partial charge in [-0.3, -0.25) is 10.1 Å². The summed E-state index contributed by atoms with van der Waals surface area (Å²) < 4.78 is 38.2. The van der Waals surface area contributed by atoms with E-state index >= 15 is 0 Å². The Hall–Kier alpha value is -1.71. The average Bonchev–Trinajstić information content (AvgIpc) is 3.27. The van der Waals surface area contributed by atoms with Crippen molar-refractivity contribution in [1.82, 2.24) is 4.31 Å². The summed E-state index contributed by atoms with van der Waals surface area (Å²) in [4.78, 5) is 10.3. The summed E-state index contributed by atoms with van der Waals surface area (Å²) >= 11 is 0. The lowest BCUT2D eigenvalue weighted by atomic mass is 10.1. The normalized spacial score (nSPS) is 21.2. The molecular weight excluding hydrogens is 336 g/mol. The van der Waals surface area contributed by atoms with Crippen LogP contribution in [0.5, 0.6) is 5.75 Å². The molecule has 1 saturated heterocycles. The van der Waals surface area contributed by atoms with Crippen molar-refractivity contribution >= 4 is 15.7 Å². The van der Waals surface area contributed by atoms with Gasteiger partial charge < -0.3 is 9.47 Å². The molecule has 1 atom stereocenters. The Kier molecular flexibility index (Phi) is 4.75. The van der Waals surface area contributed by atoms with Crippen LogP contribution in [-0.4, -0.2) is 50.6 Å². The Morgan fingerprint density at radius 3 is 2.67 bits per heavy atom. The van der Waals surface area contributed by atoms with E-state index in [9.17, 15) is 18.5 Å². The molecule has 1 aromatic rings. The van der Waals surface area contributed by atoms with Crippen LogP contribution < -0.4 is 4.74 Å². The van der Waals surface area contributed by atoms with Crippen LogP contribution in [0.1, 0.15) is 19.3 Å². The molecule has 0 amide bonds. The van der Waals surface area contributed by atoms with Crippen molar-refractivity contribution in [2.45, 2.75) is 30.2 Å². The molecule has 1 heterocycles. The van der Waals surface area contributed by atoms with Gasteiger partial charge in [0.25, 0.3) is 5.69 Å². The lowest BCUT2D eigenvalue weighted by molar-refractivity contribution is -0.385. The lowest BCUT2D eigenvalue weighted by Gasteiger charge is -2.25. The van der Waals surface area contributed by atoms with Gasteiger partial charge in [0.05, 0.1) is 24.7 Å². The topological polar surface area (TPSA) is 99.0 Å². The van der Waals surface area contributed by atoms with Gasteiger partial charge in [-0.05, 0) is 31.2 Å². The maximum Gasteiger partial charge on any atom is 0.273 e. The van der Waals surface area contributed by atoms with E-state index in [4.69, 9.17) is 9.47 Å². The molecule has 132 valence electrons. The summed E-state index contributed by atoms with van der Waals surface area (Å²) in [7, 11) is -2.47. The molecule has 24 heavy (non-hydrogen) atoms. The minimum Gasteiger partial charge on any atom is -0.495 e. The van der Waals surface area contributed by atoms with E-state index in [0.29, 0.717) is 19.8 Å². The Labute approximate surface area is 140 Å². The Morgan fingerprint density at radius 1 is 1.38 bits per heavy atom. The fraction of sp³-hybridized carbons (Fsp3) is 0.600. The molecule has 0 N–H and O–H groups in total. The summed E-state index contributed by atoms with van der Waals surface area (Å²) in [5.74, 6) is 0.182. The number of ether oxygens (including phenoxy) is 2. The van der Waals surface area contributed by atoms with Gasteiger partial charge in [0, 0.05) is 25.3 Å². The largest absolute Gasteiger partial charge is 0.495 e. The quantitative estimate of drug-likeness (QED) is 0.545. The first kappa shape index (κ1) is 17.1. The third-order valence-corrected chi connectivity index (χ3v) is 6.32. The van der Waals surface area contributed by atoms with Crippen molar-refractivity contribution in [2.24, 2.45) is 5.92 Å². The zero-order valence-corrected chi connectivity index (χ0v) is 14.2. The first-order chi connectivity index (χ1) is 11.4. The molecule has 2 fully saturated rings. The van der Waals surface area contributed by atoms with Crippen molar-refractivity contribution in [3.63, 3.8) is 0 Å². The number of rotatable bonds is 7. The molecule has 3 rings (SSSR count). The van der Waals surface area contributed by atoms with Crippen LogP contribution in [0.25, 0.3) is 0 Å². The van der Waals surface area contributed by atoms with Crippen molar-refractivity contribution in [3.8, 4) is 5.75 Å². The number of benzene rings is 1. The van der Waals surface area contributed by atoms with Gasteiger partial charge in [0.15, 0.2) is 0 Å². The van der Waals surface area contributed by atoms with Gasteiger partial charge in [-0.1, -0.05) is 0 Å². The minimum atomic E-state index is -3.78. The fourth-order valence-electron chi connectivity index (χ4n) is 2.90. The van der Waals surface area contributed by atoms with Gasteiger partial charge in [-0.2, -0.15) is 4.31 Å². The molecule has 0 aromatic heterocycles. The van der Waals surface area contributed by atoms with E-state index in [1.807, 2.05) is 0 Å². The van der Waals surface area contributed by atoms with E-state index in [0.717, 1.165) is 25.3 Å². The van der Waals surface area contributed by atoms with Crippen molar-refractivity contribution in [3.05, 3.63) is 28.3 Å². The van der Waals surface area contributed by atoms with Crippen LogP contribution >= 0.6 is 0 Å². The summed E-state index contributed by atoms with van der Waals surface area (Å²) in [6.45, 7) is 1.63. The number of hydrogen-bond acceptors (Lipinski definition) is 6. The minimum absolute atomic E-state index is 0.00229. The van der Waals surface area contributed by atoms with Gasteiger partial charge in [-0.15, -0.1) is 0 Å². The number of nitro groups is 1. The average molecular weight is 356 g/mol. The highest BCUT2D eigenvalue weighted by atomic mass is 32.2. The highest BCUT2D eigenvalue weighted by Crippen LogP contribution is 2.37. The Balaban J connectivity index is 1.93. The van der Waals surface area contributed by atoms with Crippen LogP contribution in [-0.2, 0) is 14.8 Å². The highest BCUT2D eigenvalue weighted by Gasteiger charge is 2.41. The van der Waals surface area contributed by atoms with E-state index in [1.54, 1.807) is 0 Å². The molecule has 1 aromatic carbocycles. The number of methoxy groups -OCH3 is 1. The third kappa shape index (κ3) is 3.38. The molecule has 2 aliphatic rings. The number of nitrogens with zero attached hydrogens (tertiary/aromatic N) is 2. The van der Waals surface area contributed by atoms with Crippen molar-refractivity contribution in [2.75, 3.05) is 26.9 Å². The molecule has 0 unspecified atom stereocenters. The first-order valence-corrected chi connectivity index (χ1v) is 9.29. The lowest BCUT2D eigenvalue weighted by Crippen LogP contribution is -2.37. The molecule has 8 nitrogen and oxygen atoms in total. The van der Waals surface area contributed by atoms with E-state index < -0.39 is 14.9 Å². The zero-order valence-electron chi connectivity index (χ0n) is 13.4. The molecule has 1 aliphatic heterocycles. The summed E-state index contributed by atoms with van der Waals surface area (Å²) in [5.41, 5.74) is -0.201. The maximum atomic E-state index is 13.1. The predicted molar refractivity (Wildman–Crippen MR) is 85.5 cm³/mol.